The van der Waals surface area contributed by atoms with E-state index in [-0.39, 0.29) is 17.6 Å². The Balaban J connectivity index is 2.02. The Labute approximate surface area is 111 Å². The molecule has 1 aliphatic heterocycles. The van der Waals surface area contributed by atoms with Gasteiger partial charge in [0.05, 0.1) is 13.2 Å². The number of hydrogen-bond donors (Lipinski definition) is 2. The highest BCUT2D eigenvalue weighted by Crippen LogP contribution is 2.22. The van der Waals surface area contributed by atoms with E-state index in [0.717, 1.165) is 6.42 Å². The van der Waals surface area contributed by atoms with E-state index in [1.54, 1.807) is 7.11 Å². The maximum absolute atomic E-state index is 5.60. The third-order valence-corrected chi connectivity index (χ3v) is 2.97. The van der Waals surface area contributed by atoms with Gasteiger partial charge in [0.15, 0.2) is 0 Å². The molecule has 2 heterocycles. The molecular formula is C11H19N5O3. The molecule has 0 aliphatic carbocycles. The zero-order valence-corrected chi connectivity index (χ0v) is 11.2. The summed E-state index contributed by atoms with van der Waals surface area (Å²) in [5, 5.41) is 3.09. The molecule has 8 nitrogen and oxygen atoms in total. The van der Waals surface area contributed by atoms with Gasteiger partial charge < -0.3 is 25.3 Å². The number of methoxy groups -OCH3 is 1. The number of anilines is 2. The van der Waals surface area contributed by atoms with Crippen LogP contribution in [0, 0.1) is 0 Å². The van der Waals surface area contributed by atoms with Crippen LogP contribution in [0.1, 0.15) is 13.3 Å². The predicted molar refractivity (Wildman–Crippen MR) is 69.1 cm³/mol. The molecule has 106 valence electrons. The highest BCUT2D eigenvalue weighted by Gasteiger charge is 2.35. The average molecular weight is 269 g/mol. The highest BCUT2D eigenvalue weighted by atomic mass is 16.5. The Morgan fingerprint density at radius 2 is 2.26 bits per heavy atom. The fourth-order valence-electron chi connectivity index (χ4n) is 1.85. The number of aromatic nitrogens is 3. The van der Waals surface area contributed by atoms with Gasteiger partial charge in [-0.2, -0.15) is 15.0 Å². The zero-order valence-electron chi connectivity index (χ0n) is 11.2. The normalized spacial score (nSPS) is 22.4. The van der Waals surface area contributed by atoms with Gasteiger partial charge in [-0.3, -0.25) is 0 Å². The minimum absolute atomic E-state index is 0.120. The van der Waals surface area contributed by atoms with Crippen LogP contribution in [-0.4, -0.2) is 54.0 Å². The summed E-state index contributed by atoms with van der Waals surface area (Å²) in [5.74, 6) is 0.495. The molecule has 19 heavy (non-hydrogen) atoms. The Bertz CT molecular complexity index is 423. The first-order valence-corrected chi connectivity index (χ1v) is 6.18. The van der Waals surface area contributed by atoms with E-state index in [2.05, 4.69) is 20.3 Å². The summed E-state index contributed by atoms with van der Waals surface area (Å²) in [6.07, 6.45) is 0.829. The van der Waals surface area contributed by atoms with E-state index in [1.165, 1.54) is 0 Å². The van der Waals surface area contributed by atoms with Crippen LogP contribution in [0.25, 0.3) is 0 Å². The van der Waals surface area contributed by atoms with Gasteiger partial charge in [0.1, 0.15) is 5.60 Å². The molecule has 0 saturated carbocycles. The SMILES string of the molecule is CCOc1nc(N)nc(NCC2(OC)CCOC2)n1. The summed E-state index contributed by atoms with van der Waals surface area (Å²) in [4.78, 5) is 12.0. The van der Waals surface area contributed by atoms with Crippen LogP contribution in [0.3, 0.4) is 0 Å². The van der Waals surface area contributed by atoms with E-state index in [0.29, 0.717) is 32.3 Å². The minimum Gasteiger partial charge on any atom is -0.464 e. The lowest BCUT2D eigenvalue weighted by molar-refractivity contribution is -0.00632. The Morgan fingerprint density at radius 3 is 2.89 bits per heavy atom. The maximum atomic E-state index is 5.60. The molecule has 3 N–H and O–H groups in total. The molecule has 2 rings (SSSR count). The highest BCUT2D eigenvalue weighted by molar-refractivity contribution is 5.33. The van der Waals surface area contributed by atoms with E-state index in [1.807, 2.05) is 6.92 Å². The molecule has 0 amide bonds. The fourth-order valence-corrected chi connectivity index (χ4v) is 1.85. The first kappa shape index (κ1) is 13.8. The lowest BCUT2D eigenvalue weighted by Gasteiger charge is -2.25. The molecule has 1 saturated heterocycles. The summed E-state index contributed by atoms with van der Waals surface area (Å²) < 4.78 is 16.1. The lowest BCUT2D eigenvalue weighted by Crippen LogP contribution is -2.40. The number of hydrogen-bond acceptors (Lipinski definition) is 8. The number of nitrogens with one attached hydrogen (secondary N) is 1. The average Bonchev–Trinajstić information content (AvgIpc) is 2.86. The Hall–Kier alpha value is -1.67. The molecule has 0 spiro atoms. The lowest BCUT2D eigenvalue weighted by atomic mass is 10.0. The molecule has 0 aromatic carbocycles. The first-order chi connectivity index (χ1) is 9.17. The van der Waals surface area contributed by atoms with Crippen molar-refractivity contribution in [1.82, 2.24) is 15.0 Å². The summed E-state index contributed by atoms with van der Waals surface area (Å²) in [5.41, 5.74) is 5.26. The third-order valence-electron chi connectivity index (χ3n) is 2.97. The monoisotopic (exact) mass is 269 g/mol. The van der Waals surface area contributed by atoms with Gasteiger partial charge in [-0.05, 0) is 6.92 Å². The van der Waals surface area contributed by atoms with E-state index < -0.39 is 0 Å². The van der Waals surface area contributed by atoms with Crippen LogP contribution in [0.5, 0.6) is 6.01 Å². The molecule has 1 aromatic rings. The van der Waals surface area contributed by atoms with Gasteiger partial charge in [-0.1, -0.05) is 0 Å². The molecule has 1 aromatic heterocycles. The van der Waals surface area contributed by atoms with Crippen molar-refractivity contribution >= 4 is 11.9 Å². The maximum Gasteiger partial charge on any atom is 0.323 e. The molecule has 1 fully saturated rings. The van der Waals surface area contributed by atoms with Crippen molar-refractivity contribution in [2.75, 3.05) is 44.5 Å². The third kappa shape index (κ3) is 3.42. The molecule has 1 aliphatic rings. The summed E-state index contributed by atoms with van der Waals surface area (Å²) in [6.45, 7) is 4.11. The molecule has 0 bridgehead atoms. The second-order valence-corrected chi connectivity index (χ2v) is 4.28. The Kier molecular flexibility index (Phi) is 4.33. The van der Waals surface area contributed by atoms with Gasteiger partial charge in [-0.15, -0.1) is 0 Å². The largest absolute Gasteiger partial charge is 0.464 e. The number of nitrogen functional groups attached to an aromatic ring is 1. The second-order valence-electron chi connectivity index (χ2n) is 4.28. The van der Waals surface area contributed by atoms with E-state index in [9.17, 15) is 0 Å². The van der Waals surface area contributed by atoms with Crippen LogP contribution < -0.4 is 15.8 Å². The number of nitrogens with two attached hydrogens (primary N) is 1. The molecular weight excluding hydrogens is 250 g/mol. The van der Waals surface area contributed by atoms with Gasteiger partial charge in [0.2, 0.25) is 11.9 Å². The summed E-state index contributed by atoms with van der Waals surface area (Å²) in [6, 6.07) is 0.214. The van der Waals surface area contributed by atoms with Crippen molar-refractivity contribution in [3.8, 4) is 6.01 Å². The summed E-state index contributed by atoms with van der Waals surface area (Å²) in [7, 11) is 1.67. The van der Waals surface area contributed by atoms with E-state index in [4.69, 9.17) is 19.9 Å². The first-order valence-electron chi connectivity index (χ1n) is 6.18. The topological polar surface area (TPSA) is 104 Å². The number of rotatable bonds is 6. The van der Waals surface area contributed by atoms with Gasteiger partial charge in [0.25, 0.3) is 0 Å². The van der Waals surface area contributed by atoms with Crippen LogP contribution in [-0.2, 0) is 9.47 Å². The van der Waals surface area contributed by atoms with Crippen molar-refractivity contribution in [1.29, 1.82) is 0 Å². The number of ether oxygens (including phenoxy) is 3. The van der Waals surface area contributed by atoms with Gasteiger partial charge >= 0.3 is 6.01 Å². The van der Waals surface area contributed by atoms with Crippen molar-refractivity contribution < 1.29 is 14.2 Å². The standard InChI is InChI=1S/C11H19N5O3/c1-3-19-10-15-8(12)14-9(16-10)13-6-11(17-2)4-5-18-7-11/h3-7H2,1-2H3,(H3,12,13,14,15,16). The summed E-state index contributed by atoms with van der Waals surface area (Å²) >= 11 is 0. The quantitative estimate of drug-likeness (QED) is 0.747. The van der Waals surface area contributed by atoms with Crippen molar-refractivity contribution in [2.45, 2.75) is 18.9 Å². The van der Waals surface area contributed by atoms with Crippen molar-refractivity contribution in [3.63, 3.8) is 0 Å². The molecule has 8 heteroatoms. The molecule has 1 unspecified atom stereocenters. The second kappa shape index (κ2) is 5.98. The Morgan fingerprint density at radius 1 is 1.42 bits per heavy atom. The zero-order chi connectivity index (χ0) is 13.7. The van der Waals surface area contributed by atoms with Crippen molar-refractivity contribution in [3.05, 3.63) is 0 Å². The minimum atomic E-state index is -0.340. The van der Waals surface area contributed by atoms with E-state index >= 15 is 0 Å². The van der Waals surface area contributed by atoms with Gasteiger partial charge in [0, 0.05) is 26.7 Å². The molecule has 1 atom stereocenters. The van der Waals surface area contributed by atoms with Crippen LogP contribution in [0.4, 0.5) is 11.9 Å². The van der Waals surface area contributed by atoms with Crippen molar-refractivity contribution in [2.24, 2.45) is 0 Å². The smallest absolute Gasteiger partial charge is 0.323 e. The fraction of sp³-hybridized carbons (Fsp3) is 0.727. The molecule has 0 radical (unpaired) electrons. The van der Waals surface area contributed by atoms with Crippen LogP contribution in [0.2, 0.25) is 0 Å². The predicted octanol–water partition coefficient (Wildman–Crippen LogP) is 0.0699. The van der Waals surface area contributed by atoms with Crippen LogP contribution in [0.15, 0.2) is 0 Å². The van der Waals surface area contributed by atoms with Gasteiger partial charge in [-0.25, -0.2) is 0 Å². The van der Waals surface area contributed by atoms with Crippen LogP contribution >= 0.6 is 0 Å². The number of nitrogens with zero attached hydrogens (tertiary/aromatic N) is 3.